The second kappa shape index (κ2) is 5.83. The minimum absolute atomic E-state index is 0.247. The fraction of sp³-hybridized carbons (Fsp3) is 0.400. The summed E-state index contributed by atoms with van der Waals surface area (Å²) in [6.45, 7) is 2.89. The number of hydrogen-bond acceptors (Lipinski definition) is 3. The van der Waals surface area contributed by atoms with Gasteiger partial charge < -0.3 is 9.47 Å². The highest BCUT2D eigenvalue weighted by molar-refractivity contribution is 5.89. The Bertz CT molecular complexity index is 425. The molecule has 0 amide bonds. The van der Waals surface area contributed by atoms with Gasteiger partial charge >= 0.3 is 5.97 Å². The van der Waals surface area contributed by atoms with Crippen LogP contribution in [-0.4, -0.2) is 24.8 Å². The van der Waals surface area contributed by atoms with E-state index in [2.05, 4.69) is 6.08 Å². The van der Waals surface area contributed by atoms with E-state index in [1.807, 2.05) is 31.2 Å². The van der Waals surface area contributed by atoms with Crippen molar-refractivity contribution in [3.05, 3.63) is 48.0 Å². The molecule has 0 N–H and O–H groups in total. The Morgan fingerprint density at radius 3 is 2.94 bits per heavy atom. The van der Waals surface area contributed by atoms with Gasteiger partial charge in [-0.15, -0.1) is 0 Å². The lowest BCUT2D eigenvalue weighted by Crippen LogP contribution is -2.33. The fourth-order valence-corrected chi connectivity index (χ4v) is 1.84. The zero-order valence-corrected chi connectivity index (χ0v) is 10.6. The summed E-state index contributed by atoms with van der Waals surface area (Å²) in [5, 5.41) is 0. The van der Waals surface area contributed by atoms with Gasteiger partial charge in [-0.3, -0.25) is 0 Å². The molecular weight excluding hydrogens is 228 g/mol. The molecule has 0 spiro atoms. The van der Waals surface area contributed by atoms with Crippen molar-refractivity contribution in [3.63, 3.8) is 0 Å². The molecule has 0 aliphatic carbocycles. The Kier molecular flexibility index (Phi) is 4.15. The van der Waals surface area contributed by atoms with Crippen LogP contribution in [0.15, 0.2) is 42.5 Å². The monoisotopic (exact) mass is 246 g/mol. The molecule has 0 aromatic heterocycles. The minimum atomic E-state index is -0.499. The Hall–Kier alpha value is -1.61. The first kappa shape index (κ1) is 12.8. The van der Waals surface area contributed by atoms with Gasteiger partial charge in [-0.1, -0.05) is 30.4 Å². The molecule has 1 aromatic rings. The topological polar surface area (TPSA) is 35.5 Å². The van der Waals surface area contributed by atoms with E-state index in [9.17, 15) is 4.79 Å². The molecule has 0 radical (unpaired) electrons. The van der Waals surface area contributed by atoms with Crippen molar-refractivity contribution in [2.24, 2.45) is 0 Å². The van der Waals surface area contributed by atoms with Crippen LogP contribution in [0.5, 0.6) is 0 Å². The van der Waals surface area contributed by atoms with Gasteiger partial charge in [0.2, 0.25) is 0 Å². The van der Waals surface area contributed by atoms with E-state index in [1.165, 1.54) is 0 Å². The van der Waals surface area contributed by atoms with Crippen LogP contribution in [0.2, 0.25) is 0 Å². The molecule has 1 unspecified atom stereocenters. The summed E-state index contributed by atoms with van der Waals surface area (Å²) in [6, 6.07) is 9.00. The number of carbonyl (C=O) groups is 1. The van der Waals surface area contributed by atoms with Crippen LogP contribution in [0.4, 0.5) is 0 Å². The summed E-state index contributed by atoms with van der Waals surface area (Å²) in [5.41, 5.74) is 0.0692. The predicted octanol–water partition coefficient (Wildman–Crippen LogP) is 2.97. The summed E-state index contributed by atoms with van der Waals surface area (Å²) >= 11 is 0. The Morgan fingerprint density at radius 1 is 1.39 bits per heavy atom. The number of ether oxygens (including phenoxy) is 2. The third kappa shape index (κ3) is 3.44. The SMILES string of the molecule is CC1(COC(=O)c2ccccc2)C=CCCCO1. The summed E-state index contributed by atoms with van der Waals surface area (Å²) in [6.07, 6.45) is 6.10. The average molecular weight is 246 g/mol. The first-order chi connectivity index (χ1) is 8.70. The Balaban J connectivity index is 1.93. The number of benzene rings is 1. The standard InChI is InChI=1S/C15H18O3/c1-15(10-6-3-7-11-18-15)12-17-14(16)13-8-4-2-5-9-13/h2,4-6,8-10H,3,7,11-12H2,1H3. The molecule has 1 atom stereocenters. The molecule has 3 heteroatoms. The van der Waals surface area contributed by atoms with E-state index in [0.29, 0.717) is 12.2 Å². The summed E-state index contributed by atoms with van der Waals surface area (Å²) in [4.78, 5) is 11.8. The fourth-order valence-electron chi connectivity index (χ4n) is 1.84. The van der Waals surface area contributed by atoms with Gasteiger partial charge in [0, 0.05) is 6.61 Å². The molecule has 1 aromatic carbocycles. The largest absolute Gasteiger partial charge is 0.459 e. The van der Waals surface area contributed by atoms with Crippen LogP contribution in [0.3, 0.4) is 0 Å². The third-order valence-corrected chi connectivity index (χ3v) is 2.92. The molecular formula is C15H18O3. The number of allylic oxidation sites excluding steroid dienone is 1. The van der Waals surface area contributed by atoms with E-state index in [-0.39, 0.29) is 12.6 Å². The summed E-state index contributed by atoms with van der Waals surface area (Å²) in [7, 11) is 0. The molecule has 0 saturated heterocycles. The van der Waals surface area contributed by atoms with Crippen molar-refractivity contribution in [3.8, 4) is 0 Å². The second-order valence-corrected chi connectivity index (χ2v) is 4.65. The zero-order chi connectivity index (χ0) is 12.8. The van der Waals surface area contributed by atoms with Crippen molar-refractivity contribution in [2.75, 3.05) is 13.2 Å². The highest BCUT2D eigenvalue weighted by Crippen LogP contribution is 2.18. The van der Waals surface area contributed by atoms with Gasteiger partial charge in [-0.25, -0.2) is 4.79 Å². The van der Waals surface area contributed by atoms with E-state index in [0.717, 1.165) is 12.8 Å². The highest BCUT2D eigenvalue weighted by atomic mass is 16.6. The highest BCUT2D eigenvalue weighted by Gasteiger charge is 2.25. The smallest absolute Gasteiger partial charge is 0.338 e. The molecule has 18 heavy (non-hydrogen) atoms. The maximum Gasteiger partial charge on any atom is 0.338 e. The van der Waals surface area contributed by atoms with Gasteiger partial charge in [0.15, 0.2) is 0 Å². The quantitative estimate of drug-likeness (QED) is 0.607. The lowest BCUT2D eigenvalue weighted by atomic mass is 10.1. The predicted molar refractivity (Wildman–Crippen MR) is 69.5 cm³/mol. The van der Waals surface area contributed by atoms with Crippen LogP contribution in [0.25, 0.3) is 0 Å². The van der Waals surface area contributed by atoms with E-state index >= 15 is 0 Å². The number of carbonyl (C=O) groups excluding carboxylic acids is 1. The second-order valence-electron chi connectivity index (χ2n) is 4.65. The molecule has 2 rings (SSSR count). The maximum atomic E-state index is 11.8. The number of hydrogen-bond donors (Lipinski definition) is 0. The van der Waals surface area contributed by atoms with Crippen LogP contribution >= 0.6 is 0 Å². The molecule has 1 heterocycles. The van der Waals surface area contributed by atoms with Crippen LogP contribution in [-0.2, 0) is 9.47 Å². The van der Waals surface area contributed by atoms with Crippen LogP contribution < -0.4 is 0 Å². The van der Waals surface area contributed by atoms with E-state index in [4.69, 9.17) is 9.47 Å². The van der Waals surface area contributed by atoms with Gasteiger partial charge in [-0.2, -0.15) is 0 Å². The van der Waals surface area contributed by atoms with Gasteiger partial charge in [0.1, 0.15) is 12.2 Å². The summed E-state index contributed by atoms with van der Waals surface area (Å²) in [5.74, 6) is -0.307. The van der Waals surface area contributed by atoms with E-state index < -0.39 is 5.60 Å². The van der Waals surface area contributed by atoms with Crippen molar-refractivity contribution in [1.29, 1.82) is 0 Å². The Morgan fingerprint density at radius 2 is 2.17 bits per heavy atom. The van der Waals surface area contributed by atoms with Gasteiger partial charge in [0.25, 0.3) is 0 Å². The third-order valence-electron chi connectivity index (χ3n) is 2.92. The van der Waals surface area contributed by atoms with E-state index in [1.54, 1.807) is 12.1 Å². The van der Waals surface area contributed by atoms with Crippen molar-refractivity contribution < 1.29 is 14.3 Å². The van der Waals surface area contributed by atoms with Gasteiger partial charge in [0.05, 0.1) is 5.56 Å². The molecule has 3 nitrogen and oxygen atoms in total. The normalized spacial score (nSPS) is 23.4. The Labute approximate surface area is 107 Å². The first-order valence-corrected chi connectivity index (χ1v) is 6.23. The van der Waals surface area contributed by atoms with Crippen LogP contribution in [0.1, 0.15) is 30.1 Å². The van der Waals surface area contributed by atoms with Crippen LogP contribution in [0, 0.1) is 0 Å². The number of rotatable bonds is 3. The lowest BCUT2D eigenvalue weighted by Gasteiger charge is -2.24. The average Bonchev–Trinajstić information content (AvgIpc) is 2.62. The van der Waals surface area contributed by atoms with Crippen molar-refractivity contribution in [2.45, 2.75) is 25.4 Å². The van der Waals surface area contributed by atoms with Crippen molar-refractivity contribution >= 4 is 5.97 Å². The maximum absolute atomic E-state index is 11.8. The summed E-state index contributed by atoms with van der Waals surface area (Å²) < 4.78 is 11.0. The minimum Gasteiger partial charge on any atom is -0.459 e. The molecule has 96 valence electrons. The number of esters is 1. The zero-order valence-electron chi connectivity index (χ0n) is 10.6. The van der Waals surface area contributed by atoms with Crippen molar-refractivity contribution in [1.82, 2.24) is 0 Å². The van der Waals surface area contributed by atoms with Gasteiger partial charge in [-0.05, 0) is 31.9 Å². The molecule has 1 aliphatic rings. The molecule has 1 aliphatic heterocycles. The molecule has 0 saturated carbocycles. The first-order valence-electron chi connectivity index (χ1n) is 6.23. The molecule has 0 fully saturated rings. The molecule has 0 bridgehead atoms. The lowest BCUT2D eigenvalue weighted by molar-refractivity contribution is -0.0416.